The van der Waals surface area contributed by atoms with Crippen molar-refractivity contribution in [1.29, 1.82) is 0 Å². The summed E-state index contributed by atoms with van der Waals surface area (Å²) < 4.78 is 53.3. The Kier molecular flexibility index (Phi) is 3.27. The first kappa shape index (κ1) is 13.5. The van der Waals surface area contributed by atoms with Crippen molar-refractivity contribution in [3.63, 3.8) is 0 Å². The van der Waals surface area contributed by atoms with E-state index in [1.807, 2.05) is 0 Å². The van der Waals surface area contributed by atoms with Crippen LogP contribution in [-0.4, -0.2) is 16.1 Å². The Hall–Kier alpha value is -1.96. The summed E-state index contributed by atoms with van der Waals surface area (Å²) in [5, 5.41) is 9.05. The zero-order valence-electron chi connectivity index (χ0n) is 8.97. The molecule has 0 spiro atoms. The van der Waals surface area contributed by atoms with Gasteiger partial charge < -0.3 is 10.1 Å². The molecule has 1 heterocycles. The average Bonchev–Trinajstić information content (AvgIpc) is 2.76. The fourth-order valence-corrected chi connectivity index (χ4v) is 1.83. The lowest BCUT2D eigenvalue weighted by Gasteiger charge is -2.09. The lowest BCUT2D eigenvalue weighted by Crippen LogP contribution is -2.10. The molecule has 8 heteroatoms. The quantitative estimate of drug-likeness (QED) is 0.344. The van der Waals surface area contributed by atoms with E-state index in [0.29, 0.717) is 0 Å². The van der Waals surface area contributed by atoms with Crippen molar-refractivity contribution in [3.8, 4) is 11.1 Å². The minimum atomic E-state index is -2.17. The first-order valence-corrected chi connectivity index (χ1v) is 5.26. The third kappa shape index (κ3) is 2.07. The van der Waals surface area contributed by atoms with Crippen LogP contribution in [0.1, 0.15) is 10.4 Å². The van der Waals surface area contributed by atoms with Gasteiger partial charge in [-0.15, -0.1) is 12.6 Å². The number of H-pyrrole nitrogens is 1. The highest BCUT2D eigenvalue weighted by Crippen LogP contribution is 2.33. The Morgan fingerprint density at radius 3 is 2.16 bits per heavy atom. The number of aromatic amines is 1. The molecule has 0 aliphatic heterocycles. The topological polar surface area (TPSA) is 53.1 Å². The van der Waals surface area contributed by atoms with Crippen LogP contribution >= 0.6 is 12.6 Å². The summed E-state index contributed by atoms with van der Waals surface area (Å²) in [5.41, 5.74) is -2.30. The van der Waals surface area contributed by atoms with E-state index in [4.69, 9.17) is 5.11 Å². The first-order chi connectivity index (χ1) is 8.84. The molecule has 2 N–H and O–H groups in total. The summed E-state index contributed by atoms with van der Waals surface area (Å²) >= 11 is 3.86. The molecule has 0 unspecified atom stereocenters. The van der Waals surface area contributed by atoms with Crippen molar-refractivity contribution in [3.05, 3.63) is 41.1 Å². The van der Waals surface area contributed by atoms with Crippen LogP contribution in [0, 0.1) is 23.3 Å². The second kappa shape index (κ2) is 4.61. The minimum Gasteiger partial charge on any atom is -0.478 e. The molecule has 0 amide bonds. The molecule has 0 saturated heterocycles. The number of nitrogens with one attached hydrogen (secondary N) is 1. The highest BCUT2D eigenvalue weighted by molar-refractivity contribution is 7.80. The fraction of sp³-hybridized carbons (Fsp3) is 0. The Bertz CT molecular complexity index is 684. The zero-order chi connectivity index (χ0) is 14.3. The van der Waals surface area contributed by atoms with Gasteiger partial charge in [-0.1, -0.05) is 0 Å². The van der Waals surface area contributed by atoms with Gasteiger partial charge in [-0.25, -0.2) is 22.4 Å². The number of carboxylic acids is 1. The van der Waals surface area contributed by atoms with E-state index in [2.05, 4.69) is 17.6 Å². The summed E-state index contributed by atoms with van der Waals surface area (Å²) in [6.07, 6.45) is 1.10. The first-order valence-electron chi connectivity index (χ1n) is 4.81. The Labute approximate surface area is 109 Å². The number of hydrogen-bond donors (Lipinski definition) is 3. The van der Waals surface area contributed by atoms with Gasteiger partial charge in [-0.3, -0.25) is 0 Å². The number of carboxylic acid groups (broad SMARTS) is 1. The van der Waals surface area contributed by atoms with E-state index in [1.165, 1.54) is 0 Å². The number of hydrogen-bond acceptors (Lipinski definition) is 2. The Morgan fingerprint density at radius 1 is 1.11 bits per heavy atom. The maximum atomic E-state index is 13.7. The Morgan fingerprint density at radius 2 is 1.68 bits per heavy atom. The molecule has 1 aromatic heterocycles. The molecular weight excluding hydrogens is 286 g/mol. The second-order valence-corrected chi connectivity index (χ2v) is 4.07. The molecule has 0 bridgehead atoms. The van der Waals surface area contributed by atoms with Crippen molar-refractivity contribution in [1.82, 2.24) is 4.98 Å². The zero-order valence-corrected chi connectivity index (χ0v) is 9.86. The van der Waals surface area contributed by atoms with Gasteiger partial charge >= 0.3 is 5.97 Å². The second-order valence-electron chi connectivity index (χ2n) is 3.58. The highest BCUT2D eigenvalue weighted by atomic mass is 32.1. The van der Waals surface area contributed by atoms with Crippen LogP contribution in [0.25, 0.3) is 11.1 Å². The summed E-state index contributed by atoms with van der Waals surface area (Å²) in [6, 6.07) is 1.16. The summed E-state index contributed by atoms with van der Waals surface area (Å²) in [4.78, 5) is 13.4. The molecule has 0 fully saturated rings. The third-order valence-electron chi connectivity index (χ3n) is 2.44. The van der Waals surface area contributed by atoms with E-state index in [0.717, 1.165) is 12.3 Å². The van der Waals surface area contributed by atoms with Crippen LogP contribution in [0.4, 0.5) is 17.6 Å². The monoisotopic (exact) mass is 291 g/mol. The van der Waals surface area contributed by atoms with Crippen molar-refractivity contribution < 1.29 is 27.5 Å². The number of carbonyl (C=O) groups is 1. The SMILES string of the molecule is O=C(O)c1c(F)c(F)c(F)c(F)c1-c1c[nH]c(S)c1. The van der Waals surface area contributed by atoms with Gasteiger partial charge in [0.05, 0.1) is 5.03 Å². The van der Waals surface area contributed by atoms with Crippen LogP contribution in [-0.2, 0) is 0 Å². The van der Waals surface area contributed by atoms with E-state index in [-0.39, 0.29) is 10.6 Å². The van der Waals surface area contributed by atoms with E-state index in [1.54, 1.807) is 0 Å². The molecule has 100 valence electrons. The highest BCUT2D eigenvalue weighted by Gasteiger charge is 2.30. The number of halogens is 4. The van der Waals surface area contributed by atoms with Gasteiger partial charge in [0.15, 0.2) is 23.3 Å². The average molecular weight is 291 g/mol. The predicted octanol–water partition coefficient (Wildman–Crippen LogP) is 3.22. The van der Waals surface area contributed by atoms with Crippen LogP contribution < -0.4 is 0 Å². The van der Waals surface area contributed by atoms with Gasteiger partial charge in [0, 0.05) is 17.3 Å². The molecule has 0 radical (unpaired) electrons. The predicted molar refractivity (Wildman–Crippen MR) is 60.3 cm³/mol. The standard InChI is InChI=1S/C11H5F4NO2S/c12-7-5(3-1-4(19)16-2-3)6(11(17)18)8(13)10(15)9(7)14/h1-2,16,19H,(H,17,18). The molecule has 0 aliphatic rings. The lowest BCUT2D eigenvalue weighted by atomic mass is 10.00. The number of thiol groups is 1. The van der Waals surface area contributed by atoms with Crippen LogP contribution in [0.2, 0.25) is 0 Å². The molecule has 0 aliphatic carbocycles. The molecule has 3 nitrogen and oxygen atoms in total. The molecule has 2 aromatic rings. The number of benzene rings is 1. The smallest absolute Gasteiger partial charge is 0.339 e. The van der Waals surface area contributed by atoms with Crippen LogP contribution in [0.15, 0.2) is 17.3 Å². The fourth-order valence-electron chi connectivity index (χ4n) is 1.63. The van der Waals surface area contributed by atoms with Gasteiger partial charge in [0.2, 0.25) is 0 Å². The van der Waals surface area contributed by atoms with Crippen molar-refractivity contribution in [2.45, 2.75) is 5.03 Å². The van der Waals surface area contributed by atoms with Gasteiger partial charge in [-0.2, -0.15) is 0 Å². The Balaban J connectivity index is 2.89. The number of rotatable bonds is 2. The maximum absolute atomic E-state index is 13.7. The van der Waals surface area contributed by atoms with Gasteiger partial charge in [-0.05, 0) is 6.07 Å². The number of aromatic carboxylic acids is 1. The lowest BCUT2D eigenvalue weighted by molar-refractivity contribution is 0.0690. The van der Waals surface area contributed by atoms with Crippen molar-refractivity contribution in [2.24, 2.45) is 0 Å². The van der Waals surface area contributed by atoms with Crippen LogP contribution in [0.3, 0.4) is 0 Å². The van der Waals surface area contributed by atoms with Crippen LogP contribution in [0.5, 0.6) is 0 Å². The molecule has 0 saturated carbocycles. The normalized spacial score (nSPS) is 10.8. The van der Waals surface area contributed by atoms with Crippen molar-refractivity contribution >= 4 is 18.6 Å². The largest absolute Gasteiger partial charge is 0.478 e. The molecular formula is C11H5F4NO2S. The molecule has 19 heavy (non-hydrogen) atoms. The van der Waals surface area contributed by atoms with Gasteiger partial charge in [0.25, 0.3) is 0 Å². The number of aromatic nitrogens is 1. The van der Waals surface area contributed by atoms with Gasteiger partial charge in [0.1, 0.15) is 5.56 Å². The van der Waals surface area contributed by atoms with Crippen molar-refractivity contribution in [2.75, 3.05) is 0 Å². The third-order valence-corrected chi connectivity index (χ3v) is 2.70. The summed E-state index contributed by atoms with van der Waals surface area (Å²) in [7, 11) is 0. The maximum Gasteiger partial charge on any atom is 0.339 e. The van der Waals surface area contributed by atoms with E-state index in [9.17, 15) is 22.4 Å². The molecule has 1 aromatic carbocycles. The summed E-state index contributed by atoms with van der Waals surface area (Å²) in [6.45, 7) is 0. The van der Waals surface area contributed by atoms with E-state index < -0.39 is 40.4 Å². The molecule has 0 atom stereocenters. The minimum absolute atomic E-state index is 0.155. The molecule has 2 rings (SSSR count). The summed E-state index contributed by atoms with van der Waals surface area (Å²) in [5.74, 6) is -9.88. The van der Waals surface area contributed by atoms with E-state index >= 15 is 0 Å².